The Labute approximate surface area is 161 Å². The van der Waals surface area contributed by atoms with Gasteiger partial charge in [0, 0.05) is 5.69 Å². The Morgan fingerprint density at radius 3 is 2.33 bits per heavy atom. The number of aromatic nitrogens is 2. The molecule has 0 aliphatic carbocycles. The predicted octanol–water partition coefficient (Wildman–Crippen LogP) is 3.86. The summed E-state index contributed by atoms with van der Waals surface area (Å²) >= 11 is 0. The Morgan fingerprint density at radius 2 is 1.70 bits per heavy atom. The van der Waals surface area contributed by atoms with Crippen LogP contribution in [0.1, 0.15) is 30.8 Å². The molecule has 0 bridgehead atoms. The zero-order valence-electron chi connectivity index (χ0n) is 16.6. The lowest BCUT2D eigenvalue weighted by atomic mass is 10.0. The number of hydrogen-bond donors (Lipinski definition) is 1. The number of nitrogens with zero attached hydrogens (tertiary/aromatic N) is 3. The summed E-state index contributed by atoms with van der Waals surface area (Å²) in [6, 6.07) is 14.2. The first-order valence-electron chi connectivity index (χ1n) is 9.53. The van der Waals surface area contributed by atoms with E-state index >= 15 is 0 Å². The lowest BCUT2D eigenvalue weighted by molar-refractivity contribution is -0.116. The van der Waals surface area contributed by atoms with Gasteiger partial charge in [0.25, 0.3) is 0 Å². The van der Waals surface area contributed by atoms with E-state index in [1.54, 1.807) is 0 Å². The highest BCUT2D eigenvalue weighted by Gasteiger charge is 2.16. The zero-order valence-corrected chi connectivity index (χ0v) is 16.6. The van der Waals surface area contributed by atoms with Crippen LogP contribution < -0.4 is 5.32 Å². The first-order chi connectivity index (χ1) is 13.0. The van der Waals surface area contributed by atoms with E-state index in [1.807, 2.05) is 42.9 Å². The molecule has 5 heteroatoms. The summed E-state index contributed by atoms with van der Waals surface area (Å²) in [7, 11) is 4.02. The molecule has 0 atom stereocenters. The van der Waals surface area contributed by atoms with Crippen molar-refractivity contribution < 1.29 is 4.79 Å². The molecule has 27 heavy (non-hydrogen) atoms. The maximum atomic E-state index is 12.9. The molecule has 0 saturated carbocycles. The molecule has 0 aliphatic rings. The quantitative estimate of drug-likeness (QED) is 0.692. The number of fused-ring (bicyclic) bond motifs is 1. The molecule has 1 N–H and O–H groups in total. The molecule has 142 valence electrons. The summed E-state index contributed by atoms with van der Waals surface area (Å²) < 4.78 is 2.02. The number of amides is 1. The van der Waals surface area contributed by atoms with E-state index in [1.165, 1.54) is 11.1 Å². The summed E-state index contributed by atoms with van der Waals surface area (Å²) in [5.41, 5.74) is 5.22. The molecule has 0 aliphatic heterocycles. The van der Waals surface area contributed by atoms with Crippen LogP contribution in [-0.2, 0) is 30.7 Å². The summed E-state index contributed by atoms with van der Waals surface area (Å²) in [4.78, 5) is 19.7. The number of hydrogen-bond acceptors (Lipinski definition) is 3. The summed E-state index contributed by atoms with van der Waals surface area (Å²) in [5.74, 6) is 0.879. The highest BCUT2D eigenvalue weighted by Crippen LogP contribution is 2.23. The first kappa shape index (κ1) is 19.1. The van der Waals surface area contributed by atoms with Gasteiger partial charge in [0.15, 0.2) is 0 Å². The minimum absolute atomic E-state index is 0.0197. The average Bonchev–Trinajstić information content (AvgIpc) is 2.98. The van der Waals surface area contributed by atoms with Gasteiger partial charge in [-0.25, -0.2) is 4.98 Å². The molecule has 1 aromatic heterocycles. The molecule has 0 spiro atoms. The van der Waals surface area contributed by atoms with Crippen LogP contribution in [0.5, 0.6) is 0 Å². The fourth-order valence-electron chi connectivity index (χ4n) is 3.43. The molecule has 1 heterocycles. The molecular formula is C22H28N4O. The fourth-order valence-corrected chi connectivity index (χ4v) is 3.43. The van der Waals surface area contributed by atoms with Gasteiger partial charge in [-0.3, -0.25) is 4.79 Å². The predicted molar refractivity (Wildman–Crippen MR) is 111 cm³/mol. The molecule has 1 amide bonds. The minimum atomic E-state index is -0.0197. The molecule has 0 unspecified atom stereocenters. The van der Waals surface area contributed by atoms with Crippen LogP contribution >= 0.6 is 0 Å². The van der Waals surface area contributed by atoms with E-state index in [0.29, 0.717) is 6.54 Å². The maximum Gasteiger partial charge on any atom is 0.244 e. The second-order valence-electron chi connectivity index (χ2n) is 7.05. The highest BCUT2D eigenvalue weighted by atomic mass is 16.1. The van der Waals surface area contributed by atoms with Crippen LogP contribution in [0, 0.1) is 0 Å². The topological polar surface area (TPSA) is 50.2 Å². The fraction of sp³-hybridized carbons (Fsp3) is 0.364. The second-order valence-corrected chi connectivity index (χ2v) is 7.05. The Bertz CT molecular complexity index is 920. The van der Waals surface area contributed by atoms with Crippen molar-refractivity contribution in [3.05, 3.63) is 59.4 Å². The van der Waals surface area contributed by atoms with E-state index in [2.05, 4.69) is 42.3 Å². The summed E-state index contributed by atoms with van der Waals surface area (Å²) in [6.07, 6.45) is 1.78. The Kier molecular flexibility index (Phi) is 5.91. The zero-order chi connectivity index (χ0) is 19.4. The molecule has 3 rings (SSSR count). The molecule has 3 aromatic rings. The van der Waals surface area contributed by atoms with Crippen molar-refractivity contribution in [2.24, 2.45) is 0 Å². The van der Waals surface area contributed by atoms with Crippen molar-refractivity contribution in [3.8, 4) is 0 Å². The SMILES string of the molecule is CCc1cccc(CC)c1NC(=O)Cn1c(CN(C)C)nc2ccccc21. The second kappa shape index (κ2) is 8.35. The number of rotatable bonds is 7. The van der Waals surface area contributed by atoms with Gasteiger partial charge in [-0.1, -0.05) is 44.2 Å². The number of nitrogens with one attached hydrogen (secondary N) is 1. The normalized spacial score (nSPS) is 11.3. The van der Waals surface area contributed by atoms with Gasteiger partial charge in [0.1, 0.15) is 12.4 Å². The van der Waals surface area contributed by atoms with E-state index in [-0.39, 0.29) is 12.5 Å². The van der Waals surface area contributed by atoms with E-state index in [0.717, 1.165) is 35.4 Å². The Morgan fingerprint density at radius 1 is 1.04 bits per heavy atom. The lowest BCUT2D eigenvalue weighted by Crippen LogP contribution is -2.23. The van der Waals surface area contributed by atoms with Gasteiger partial charge in [-0.2, -0.15) is 0 Å². The van der Waals surface area contributed by atoms with Crippen molar-refractivity contribution in [1.82, 2.24) is 14.5 Å². The van der Waals surface area contributed by atoms with Crippen LogP contribution in [0.3, 0.4) is 0 Å². The third kappa shape index (κ3) is 4.19. The van der Waals surface area contributed by atoms with Crippen LogP contribution in [-0.4, -0.2) is 34.5 Å². The monoisotopic (exact) mass is 364 g/mol. The smallest absolute Gasteiger partial charge is 0.244 e. The van der Waals surface area contributed by atoms with Gasteiger partial charge >= 0.3 is 0 Å². The van der Waals surface area contributed by atoms with Crippen LogP contribution in [0.2, 0.25) is 0 Å². The third-order valence-electron chi connectivity index (χ3n) is 4.76. The number of anilines is 1. The van der Waals surface area contributed by atoms with Crippen molar-refractivity contribution in [1.29, 1.82) is 0 Å². The standard InChI is InChI=1S/C22H28N4O/c1-5-16-10-9-11-17(6-2)22(16)24-21(27)15-26-19-13-8-7-12-18(19)23-20(26)14-25(3)4/h7-13H,5-6,14-15H2,1-4H3,(H,24,27). The number of carbonyl (C=O) groups is 1. The largest absolute Gasteiger partial charge is 0.324 e. The molecule has 2 aromatic carbocycles. The lowest BCUT2D eigenvalue weighted by Gasteiger charge is -2.16. The highest BCUT2D eigenvalue weighted by molar-refractivity contribution is 5.93. The van der Waals surface area contributed by atoms with Crippen molar-refractivity contribution in [2.45, 2.75) is 39.8 Å². The van der Waals surface area contributed by atoms with Crippen LogP contribution in [0.25, 0.3) is 11.0 Å². The third-order valence-corrected chi connectivity index (χ3v) is 4.76. The molecule has 0 radical (unpaired) electrons. The van der Waals surface area contributed by atoms with Gasteiger partial charge in [0.2, 0.25) is 5.91 Å². The molecule has 0 fully saturated rings. The van der Waals surface area contributed by atoms with E-state index < -0.39 is 0 Å². The van der Waals surface area contributed by atoms with Gasteiger partial charge < -0.3 is 14.8 Å². The number of aryl methyl sites for hydroxylation is 2. The summed E-state index contributed by atoms with van der Waals surface area (Å²) in [6.45, 7) is 5.17. The number of para-hydroxylation sites is 3. The van der Waals surface area contributed by atoms with Crippen molar-refractivity contribution in [3.63, 3.8) is 0 Å². The Balaban J connectivity index is 1.91. The van der Waals surface area contributed by atoms with Crippen LogP contribution in [0.15, 0.2) is 42.5 Å². The molecular weight excluding hydrogens is 336 g/mol. The van der Waals surface area contributed by atoms with Gasteiger partial charge in [-0.15, -0.1) is 0 Å². The van der Waals surface area contributed by atoms with Gasteiger partial charge in [0.05, 0.1) is 17.6 Å². The summed E-state index contributed by atoms with van der Waals surface area (Å²) in [5, 5.41) is 3.16. The van der Waals surface area contributed by atoms with E-state index in [9.17, 15) is 4.79 Å². The molecule has 5 nitrogen and oxygen atoms in total. The van der Waals surface area contributed by atoms with Crippen molar-refractivity contribution in [2.75, 3.05) is 19.4 Å². The van der Waals surface area contributed by atoms with Crippen LogP contribution in [0.4, 0.5) is 5.69 Å². The van der Waals surface area contributed by atoms with E-state index in [4.69, 9.17) is 4.98 Å². The maximum absolute atomic E-state index is 12.9. The number of carbonyl (C=O) groups excluding carboxylic acids is 1. The first-order valence-corrected chi connectivity index (χ1v) is 9.53. The number of imidazole rings is 1. The van der Waals surface area contributed by atoms with Crippen molar-refractivity contribution >= 4 is 22.6 Å². The van der Waals surface area contributed by atoms with Gasteiger partial charge in [-0.05, 0) is 50.2 Å². The minimum Gasteiger partial charge on any atom is -0.324 e. The molecule has 0 saturated heterocycles. The Hall–Kier alpha value is -2.66. The number of benzene rings is 2. The average molecular weight is 364 g/mol.